The molecule has 2 heterocycles. The van der Waals surface area contributed by atoms with Crippen molar-refractivity contribution in [3.8, 4) is 0 Å². The first-order valence-electron chi connectivity index (χ1n) is 6.27. The van der Waals surface area contributed by atoms with E-state index in [-0.39, 0.29) is 0 Å². The van der Waals surface area contributed by atoms with Crippen molar-refractivity contribution in [1.82, 2.24) is 5.32 Å². The van der Waals surface area contributed by atoms with Gasteiger partial charge in [0.05, 0.1) is 18.6 Å². The fraction of sp³-hybridized carbons (Fsp3) is 0.692. The van der Waals surface area contributed by atoms with Gasteiger partial charge in [0.15, 0.2) is 0 Å². The molecule has 0 saturated carbocycles. The highest BCUT2D eigenvalue weighted by atomic mass is 16.5. The first kappa shape index (κ1) is 11.7. The van der Waals surface area contributed by atoms with E-state index in [1.165, 1.54) is 18.4 Å². The molecule has 16 heavy (non-hydrogen) atoms. The minimum Gasteiger partial charge on any atom is -0.472 e. The van der Waals surface area contributed by atoms with Gasteiger partial charge in [-0.3, -0.25) is 0 Å². The minimum absolute atomic E-state index is 0.410. The summed E-state index contributed by atoms with van der Waals surface area (Å²) in [4.78, 5) is 0. The second kappa shape index (κ2) is 6.06. The zero-order valence-electron chi connectivity index (χ0n) is 9.95. The molecule has 2 atom stereocenters. The highest BCUT2D eigenvalue weighted by Crippen LogP contribution is 2.24. The Bertz CT molecular complexity index is 278. The van der Waals surface area contributed by atoms with E-state index in [9.17, 15) is 0 Å². The lowest BCUT2D eigenvalue weighted by Gasteiger charge is -2.18. The molecule has 1 fully saturated rings. The van der Waals surface area contributed by atoms with Crippen molar-refractivity contribution < 1.29 is 9.15 Å². The summed E-state index contributed by atoms with van der Waals surface area (Å²) in [6, 6.07) is 2.45. The molecule has 0 aromatic carbocycles. The van der Waals surface area contributed by atoms with E-state index < -0.39 is 0 Å². The highest BCUT2D eigenvalue weighted by Gasteiger charge is 2.18. The van der Waals surface area contributed by atoms with Crippen LogP contribution in [-0.2, 0) is 4.74 Å². The van der Waals surface area contributed by atoms with Gasteiger partial charge < -0.3 is 14.5 Å². The van der Waals surface area contributed by atoms with Gasteiger partial charge in [-0.15, -0.1) is 0 Å². The van der Waals surface area contributed by atoms with Crippen LogP contribution >= 0.6 is 0 Å². The molecule has 0 bridgehead atoms. The van der Waals surface area contributed by atoms with Gasteiger partial charge in [0.1, 0.15) is 0 Å². The van der Waals surface area contributed by atoms with Crippen LogP contribution in [-0.4, -0.2) is 19.3 Å². The number of nitrogens with one attached hydrogen (secondary N) is 1. The minimum atomic E-state index is 0.410. The molecule has 1 aromatic heterocycles. The van der Waals surface area contributed by atoms with Crippen molar-refractivity contribution in [2.24, 2.45) is 0 Å². The zero-order chi connectivity index (χ0) is 11.2. The van der Waals surface area contributed by atoms with Gasteiger partial charge in [0, 0.05) is 18.2 Å². The zero-order valence-corrected chi connectivity index (χ0v) is 9.95. The molecule has 0 amide bonds. The Balaban J connectivity index is 1.82. The molecular weight excluding hydrogens is 202 g/mol. The fourth-order valence-corrected chi connectivity index (χ4v) is 2.33. The Kier molecular flexibility index (Phi) is 4.43. The molecule has 90 valence electrons. The van der Waals surface area contributed by atoms with Crippen LogP contribution in [0.2, 0.25) is 0 Å². The Labute approximate surface area is 97.2 Å². The Morgan fingerprint density at radius 2 is 2.50 bits per heavy atom. The third kappa shape index (κ3) is 3.09. The number of hydrogen-bond donors (Lipinski definition) is 1. The number of rotatable bonds is 6. The molecule has 1 aliphatic heterocycles. The summed E-state index contributed by atoms with van der Waals surface area (Å²) in [7, 11) is 0. The summed E-state index contributed by atoms with van der Waals surface area (Å²) in [5.74, 6) is 0. The van der Waals surface area contributed by atoms with Gasteiger partial charge in [-0.1, -0.05) is 6.92 Å². The highest BCUT2D eigenvalue weighted by molar-refractivity contribution is 5.11. The second-order valence-electron chi connectivity index (χ2n) is 4.38. The van der Waals surface area contributed by atoms with E-state index in [0.29, 0.717) is 12.1 Å². The predicted octanol–water partition coefficient (Wildman–Crippen LogP) is 2.89. The molecule has 2 unspecified atom stereocenters. The van der Waals surface area contributed by atoms with E-state index in [1.54, 1.807) is 6.26 Å². The van der Waals surface area contributed by atoms with Crippen LogP contribution in [0.5, 0.6) is 0 Å². The van der Waals surface area contributed by atoms with Crippen LogP contribution in [0.1, 0.15) is 44.2 Å². The van der Waals surface area contributed by atoms with E-state index >= 15 is 0 Å². The monoisotopic (exact) mass is 223 g/mol. The standard InChI is InChI=1S/C13H21NO2/c1-2-14-13(11-7-9-15-10-11)6-5-12-4-3-8-16-12/h7,9-10,12-14H,2-6,8H2,1H3. The maximum Gasteiger partial charge on any atom is 0.0950 e. The predicted molar refractivity (Wildman–Crippen MR) is 63.3 cm³/mol. The smallest absolute Gasteiger partial charge is 0.0950 e. The topological polar surface area (TPSA) is 34.4 Å². The Morgan fingerprint density at radius 3 is 3.12 bits per heavy atom. The summed E-state index contributed by atoms with van der Waals surface area (Å²) in [5, 5.41) is 3.49. The largest absolute Gasteiger partial charge is 0.472 e. The summed E-state index contributed by atoms with van der Waals surface area (Å²) in [6.07, 6.45) is 8.77. The molecule has 1 N–H and O–H groups in total. The van der Waals surface area contributed by atoms with Gasteiger partial charge in [0.2, 0.25) is 0 Å². The average Bonchev–Trinajstić information content (AvgIpc) is 2.96. The second-order valence-corrected chi connectivity index (χ2v) is 4.38. The molecule has 1 saturated heterocycles. The van der Waals surface area contributed by atoms with E-state index in [4.69, 9.17) is 9.15 Å². The van der Waals surface area contributed by atoms with E-state index in [0.717, 1.165) is 26.0 Å². The van der Waals surface area contributed by atoms with Crippen molar-refractivity contribution in [1.29, 1.82) is 0 Å². The van der Waals surface area contributed by atoms with E-state index in [1.807, 2.05) is 12.3 Å². The third-order valence-corrected chi connectivity index (χ3v) is 3.20. The maximum atomic E-state index is 5.65. The van der Waals surface area contributed by atoms with Gasteiger partial charge in [0.25, 0.3) is 0 Å². The Hall–Kier alpha value is -0.800. The van der Waals surface area contributed by atoms with Gasteiger partial charge >= 0.3 is 0 Å². The fourth-order valence-electron chi connectivity index (χ4n) is 2.33. The molecule has 3 nitrogen and oxygen atoms in total. The van der Waals surface area contributed by atoms with Gasteiger partial charge in [-0.25, -0.2) is 0 Å². The van der Waals surface area contributed by atoms with Crippen molar-refractivity contribution in [2.45, 2.75) is 44.8 Å². The average molecular weight is 223 g/mol. The molecule has 1 aliphatic rings. The van der Waals surface area contributed by atoms with Gasteiger partial charge in [-0.2, -0.15) is 0 Å². The molecular formula is C13H21NO2. The summed E-state index contributed by atoms with van der Waals surface area (Å²) in [5.41, 5.74) is 1.25. The lowest BCUT2D eigenvalue weighted by molar-refractivity contribution is 0.0996. The molecule has 0 spiro atoms. The number of furan rings is 1. The lowest BCUT2D eigenvalue weighted by Crippen LogP contribution is -2.22. The molecule has 2 rings (SSSR count). The molecule has 1 aromatic rings. The molecule has 0 radical (unpaired) electrons. The van der Waals surface area contributed by atoms with Crippen LogP contribution in [0, 0.1) is 0 Å². The van der Waals surface area contributed by atoms with Gasteiger partial charge in [-0.05, 0) is 38.3 Å². The van der Waals surface area contributed by atoms with E-state index in [2.05, 4.69) is 12.2 Å². The first-order chi connectivity index (χ1) is 7.90. The first-order valence-corrected chi connectivity index (χ1v) is 6.27. The normalized spacial score (nSPS) is 22.4. The summed E-state index contributed by atoms with van der Waals surface area (Å²) >= 11 is 0. The number of hydrogen-bond acceptors (Lipinski definition) is 3. The van der Waals surface area contributed by atoms with Crippen LogP contribution in [0.4, 0.5) is 0 Å². The van der Waals surface area contributed by atoms with Crippen LogP contribution in [0.25, 0.3) is 0 Å². The third-order valence-electron chi connectivity index (χ3n) is 3.20. The molecule has 0 aliphatic carbocycles. The van der Waals surface area contributed by atoms with Crippen LogP contribution < -0.4 is 5.32 Å². The molecule has 3 heteroatoms. The lowest BCUT2D eigenvalue weighted by atomic mass is 10.0. The quantitative estimate of drug-likeness (QED) is 0.805. The van der Waals surface area contributed by atoms with Crippen LogP contribution in [0.3, 0.4) is 0 Å². The van der Waals surface area contributed by atoms with Crippen molar-refractivity contribution in [3.63, 3.8) is 0 Å². The summed E-state index contributed by atoms with van der Waals surface area (Å²) in [6.45, 7) is 4.07. The summed E-state index contributed by atoms with van der Waals surface area (Å²) < 4.78 is 10.8. The SMILES string of the molecule is CCNC(CCC1CCCO1)c1ccoc1. The van der Waals surface area contributed by atoms with Crippen molar-refractivity contribution in [2.75, 3.05) is 13.2 Å². The number of ether oxygens (including phenoxy) is 1. The van der Waals surface area contributed by atoms with Crippen molar-refractivity contribution in [3.05, 3.63) is 24.2 Å². The van der Waals surface area contributed by atoms with Crippen molar-refractivity contribution >= 4 is 0 Å². The maximum absolute atomic E-state index is 5.65. The Morgan fingerprint density at radius 1 is 1.56 bits per heavy atom. The van der Waals surface area contributed by atoms with Crippen LogP contribution in [0.15, 0.2) is 23.0 Å².